The van der Waals surface area contributed by atoms with Crippen LogP contribution in [0.25, 0.3) is 0 Å². The summed E-state index contributed by atoms with van der Waals surface area (Å²) in [5.41, 5.74) is 1.16. The molecule has 116 valence electrons. The van der Waals surface area contributed by atoms with E-state index in [1.807, 2.05) is 30.0 Å². The Bertz CT molecular complexity index is 460. The second-order valence-corrected chi connectivity index (χ2v) is 6.16. The molecule has 1 aromatic carbocycles. The largest absolute Gasteiger partial charge is 0.322 e. The van der Waals surface area contributed by atoms with E-state index in [1.54, 1.807) is 0 Å². The first kappa shape index (κ1) is 16.0. The lowest BCUT2D eigenvalue weighted by Gasteiger charge is -2.27. The topological polar surface area (TPSA) is 35.6 Å². The molecule has 1 heterocycles. The molecule has 4 nitrogen and oxygen atoms in total. The van der Waals surface area contributed by atoms with Gasteiger partial charge in [-0.15, -0.1) is 0 Å². The van der Waals surface area contributed by atoms with Crippen LogP contribution in [0, 0.1) is 0 Å². The van der Waals surface area contributed by atoms with Crippen molar-refractivity contribution in [3.63, 3.8) is 0 Å². The van der Waals surface area contributed by atoms with Gasteiger partial charge < -0.3 is 9.80 Å². The van der Waals surface area contributed by atoms with Crippen molar-refractivity contribution in [3.05, 3.63) is 35.9 Å². The predicted molar refractivity (Wildman–Crippen MR) is 85.9 cm³/mol. The summed E-state index contributed by atoms with van der Waals surface area (Å²) in [4.78, 5) is 16.6. The first-order chi connectivity index (χ1) is 10.0. The van der Waals surface area contributed by atoms with E-state index in [0.29, 0.717) is 6.04 Å². The second-order valence-electron chi connectivity index (χ2n) is 6.16. The molecule has 1 saturated heterocycles. The van der Waals surface area contributed by atoms with E-state index in [-0.39, 0.29) is 18.1 Å². The zero-order valence-corrected chi connectivity index (χ0v) is 13.5. The maximum absolute atomic E-state index is 12.3. The molecule has 4 heteroatoms. The zero-order chi connectivity index (χ0) is 15.4. The Morgan fingerprint density at radius 1 is 1.29 bits per heavy atom. The van der Waals surface area contributed by atoms with Gasteiger partial charge in [-0.05, 0) is 46.3 Å². The fourth-order valence-electron chi connectivity index (χ4n) is 2.67. The highest BCUT2D eigenvalue weighted by Gasteiger charge is 2.36. The first-order valence-electron chi connectivity index (χ1n) is 7.82. The monoisotopic (exact) mass is 289 g/mol. The number of benzene rings is 1. The Labute approximate surface area is 128 Å². The third kappa shape index (κ3) is 3.83. The summed E-state index contributed by atoms with van der Waals surface area (Å²) in [7, 11) is 2.13. The van der Waals surface area contributed by atoms with Gasteiger partial charge in [-0.1, -0.05) is 30.3 Å². The number of hydrogen-bond donors (Lipinski definition) is 1. The van der Waals surface area contributed by atoms with Crippen LogP contribution in [0.4, 0.5) is 0 Å². The summed E-state index contributed by atoms with van der Waals surface area (Å²) >= 11 is 0. The maximum Gasteiger partial charge on any atom is 0.241 e. The van der Waals surface area contributed by atoms with Crippen LogP contribution < -0.4 is 5.32 Å². The summed E-state index contributed by atoms with van der Waals surface area (Å²) in [6.07, 6.45) is 1.01. The van der Waals surface area contributed by atoms with Crippen LogP contribution in [0.5, 0.6) is 0 Å². The number of hydrogen-bond acceptors (Lipinski definition) is 3. The van der Waals surface area contributed by atoms with Crippen molar-refractivity contribution in [1.29, 1.82) is 0 Å². The van der Waals surface area contributed by atoms with Crippen LogP contribution in [0.15, 0.2) is 30.3 Å². The van der Waals surface area contributed by atoms with Crippen LogP contribution in [-0.2, 0) is 4.79 Å². The third-order valence-electron chi connectivity index (χ3n) is 4.28. The lowest BCUT2D eigenvalue weighted by atomic mass is 10.1. The molecule has 0 aliphatic carbocycles. The third-order valence-corrected chi connectivity index (χ3v) is 4.28. The molecule has 0 spiro atoms. The summed E-state index contributed by atoms with van der Waals surface area (Å²) in [6.45, 7) is 8.14. The van der Waals surface area contributed by atoms with E-state index < -0.39 is 0 Å². The van der Waals surface area contributed by atoms with Crippen molar-refractivity contribution in [2.75, 3.05) is 20.1 Å². The van der Waals surface area contributed by atoms with E-state index in [1.165, 1.54) is 0 Å². The number of carbonyl (C=O) groups excluding carboxylic acids is 1. The molecular weight excluding hydrogens is 262 g/mol. The van der Waals surface area contributed by atoms with Crippen molar-refractivity contribution >= 4 is 5.91 Å². The number of rotatable bonds is 6. The zero-order valence-electron chi connectivity index (χ0n) is 13.5. The van der Waals surface area contributed by atoms with Crippen molar-refractivity contribution in [3.8, 4) is 0 Å². The molecule has 2 atom stereocenters. The number of carbonyl (C=O) groups is 1. The van der Waals surface area contributed by atoms with Crippen molar-refractivity contribution in [2.24, 2.45) is 0 Å². The normalized spacial score (nSPS) is 22.6. The fraction of sp³-hybridized carbons (Fsp3) is 0.588. The molecular formula is C17H27N3O. The second kappa shape index (κ2) is 7.05. The van der Waals surface area contributed by atoms with Gasteiger partial charge in [-0.2, -0.15) is 0 Å². The molecule has 1 fully saturated rings. The van der Waals surface area contributed by atoms with Crippen molar-refractivity contribution in [2.45, 2.75) is 45.4 Å². The summed E-state index contributed by atoms with van der Waals surface area (Å²) < 4.78 is 0. The first-order valence-corrected chi connectivity index (χ1v) is 7.82. The lowest BCUT2D eigenvalue weighted by Crippen LogP contribution is -2.34. The van der Waals surface area contributed by atoms with Gasteiger partial charge in [-0.25, -0.2) is 0 Å². The molecule has 0 saturated carbocycles. The molecule has 0 radical (unpaired) electrons. The van der Waals surface area contributed by atoms with Gasteiger partial charge in [0.2, 0.25) is 5.91 Å². The van der Waals surface area contributed by atoms with E-state index in [2.05, 4.69) is 43.2 Å². The quantitative estimate of drug-likeness (QED) is 0.872. The minimum atomic E-state index is -0.0990. The average Bonchev–Trinajstić information content (AvgIpc) is 2.76. The highest BCUT2D eigenvalue weighted by Crippen LogP contribution is 2.25. The molecule has 2 rings (SSSR count). The van der Waals surface area contributed by atoms with Crippen LogP contribution >= 0.6 is 0 Å². The van der Waals surface area contributed by atoms with Gasteiger partial charge in [0.25, 0.3) is 0 Å². The predicted octanol–water partition coefficient (Wildman–Crippen LogP) is 2.24. The Hall–Kier alpha value is -1.39. The molecule has 1 N–H and O–H groups in total. The number of nitrogens with one attached hydrogen (secondary N) is 1. The van der Waals surface area contributed by atoms with Gasteiger partial charge in [0.1, 0.15) is 6.17 Å². The number of amides is 1. The standard InChI is InChI=1S/C17H27N3O/c1-13(2)19(4)11-8-12-20-16(18-14(3)17(20)21)15-9-6-5-7-10-15/h5-7,9-10,13-14,16,18H,8,11-12H2,1-4H3. The van der Waals surface area contributed by atoms with E-state index in [4.69, 9.17) is 0 Å². The average molecular weight is 289 g/mol. The Kier molecular flexibility index (Phi) is 5.37. The minimum Gasteiger partial charge on any atom is -0.322 e. The fourth-order valence-corrected chi connectivity index (χ4v) is 2.67. The smallest absolute Gasteiger partial charge is 0.241 e. The van der Waals surface area contributed by atoms with Crippen LogP contribution in [0.2, 0.25) is 0 Å². The summed E-state index contributed by atoms with van der Waals surface area (Å²) in [6, 6.07) is 10.7. The van der Waals surface area contributed by atoms with Crippen molar-refractivity contribution < 1.29 is 4.79 Å². The van der Waals surface area contributed by atoms with Gasteiger partial charge in [0.05, 0.1) is 6.04 Å². The molecule has 0 aromatic heterocycles. The van der Waals surface area contributed by atoms with E-state index >= 15 is 0 Å². The highest BCUT2D eigenvalue weighted by atomic mass is 16.2. The van der Waals surface area contributed by atoms with Gasteiger partial charge in [-0.3, -0.25) is 10.1 Å². The summed E-state index contributed by atoms with van der Waals surface area (Å²) in [5.74, 6) is 0.205. The molecule has 1 aromatic rings. The lowest BCUT2D eigenvalue weighted by molar-refractivity contribution is -0.129. The molecule has 0 bridgehead atoms. The van der Waals surface area contributed by atoms with Crippen LogP contribution in [0.1, 0.15) is 38.9 Å². The van der Waals surface area contributed by atoms with E-state index in [0.717, 1.165) is 25.1 Å². The van der Waals surface area contributed by atoms with Crippen LogP contribution in [0.3, 0.4) is 0 Å². The molecule has 1 aliphatic rings. The number of nitrogens with zero attached hydrogens (tertiary/aromatic N) is 2. The SMILES string of the molecule is CC1NC(c2ccccc2)N(CCCN(C)C(C)C)C1=O. The van der Waals surface area contributed by atoms with Crippen LogP contribution in [-0.4, -0.2) is 47.9 Å². The Morgan fingerprint density at radius 3 is 2.57 bits per heavy atom. The molecule has 1 aliphatic heterocycles. The maximum atomic E-state index is 12.3. The Morgan fingerprint density at radius 2 is 1.95 bits per heavy atom. The van der Waals surface area contributed by atoms with Gasteiger partial charge in [0, 0.05) is 12.6 Å². The Balaban J connectivity index is 1.99. The highest BCUT2D eigenvalue weighted by molar-refractivity contribution is 5.84. The van der Waals surface area contributed by atoms with Gasteiger partial charge in [0.15, 0.2) is 0 Å². The molecule has 2 unspecified atom stereocenters. The minimum absolute atomic E-state index is 0.0121. The molecule has 21 heavy (non-hydrogen) atoms. The molecule has 1 amide bonds. The van der Waals surface area contributed by atoms with Crippen molar-refractivity contribution in [1.82, 2.24) is 15.1 Å². The van der Waals surface area contributed by atoms with Gasteiger partial charge >= 0.3 is 0 Å². The summed E-state index contributed by atoms with van der Waals surface area (Å²) in [5, 5.41) is 3.39. The van der Waals surface area contributed by atoms with E-state index in [9.17, 15) is 4.79 Å².